The van der Waals surface area contributed by atoms with Crippen LogP contribution in [0.25, 0.3) is 0 Å². The lowest BCUT2D eigenvalue weighted by molar-refractivity contribution is -0.387. The SMILES string of the molecule is Cc1ccc(S(=O)(=O)N2CCN(S(=O)(=O)c3c(C)cccc3[N+](=O)[O-])CC2)cc1. The van der Waals surface area contributed by atoms with Crippen LogP contribution < -0.4 is 0 Å². The van der Waals surface area contributed by atoms with E-state index in [1.54, 1.807) is 12.1 Å². The first-order chi connectivity index (χ1) is 13.5. The molecule has 9 nitrogen and oxygen atoms in total. The van der Waals surface area contributed by atoms with E-state index in [9.17, 15) is 26.9 Å². The molecule has 1 aliphatic heterocycles. The van der Waals surface area contributed by atoms with E-state index in [0.29, 0.717) is 0 Å². The smallest absolute Gasteiger partial charge is 0.258 e. The predicted molar refractivity (Wildman–Crippen MR) is 107 cm³/mol. The van der Waals surface area contributed by atoms with Crippen molar-refractivity contribution < 1.29 is 21.8 Å². The van der Waals surface area contributed by atoms with Crippen molar-refractivity contribution in [1.29, 1.82) is 0 Å². The van der Waals surface area contributed by atoms with Gasteiger partial charge in [0.05, 0.1) is 9.82 Å². The zero-order valence-corrected chi connectivity index (χ0v) is 17.6. The Hall–Kier alpha value is -2.34. The van der Waals surface area contributed by atoms with Crippen LogP contribution in [-0.4, -0.2) is 56.5 Å². The molecule has 0 bridgehead atoms. The molecule has 0 spiro atoms. The van der Waals surface area contributed by atoms with Gasteiger partial charge >= 0.3 is 0 Å². The summed E-state index contributed by atoms with van der Waals surface area (Å²) in [7, 11) is -7.88. The molecule has 0 N–H and O–H groups in total. The van der Waals surface area contributed by atoms with Crippen molar-refractivity contribution in [2.24, 2.45) is 0 Å². The van der Waals surface area contributed by atoms with Crippen molar-refractivity contribution >= 4 is 25.7 Å². The summed E-state index contributed by atoms with van der Waals surface area (Å²) < 4.78 is 54.0. The molecule has 2 aromatic carbocycles. The standard InChI is InChI=1S/C18H21N3O6S2/c1-14-6-8-16(9-7-14)28(24,25)19-10-12-20(13-11-19)29(26,27)18-15(2)4-3-5-17(18)21(22)23/h3-9H,10-13H2,1-2H3. The van der Waals surface area contributed by atoms with E-state index < -0.39 is 30.7 Å². The molecule has 1 heterocycles. The molecule has 1 fully saturated rings. The molecule has 156 valence electrons. The summed E-state index contributed by atoms with van der Waals surface area (Å²) in [5.74, 6) is 0. The van der Waals surface area contributed by atoms with E-state index in [2.05, 4.69) is 0 Å². The number of nitro benzene ring substituents is 1. The number of nitro groups is 1. The maximum atomic E-state index is 13.1. The Kier molecular flexibility index (Phi) is 5.77. The van der Waals surface area contributed by atoms with Crippen LogP contribution >= 0.6 is 0 Å². The average Bonchev–Trinajstić information content (AvgIpc) is 2.68. The summed E-state index contributed by atoms with van der Waals surface area (Å²) in [6, 6.07) is 10.5. The Labute approximate surface area is 169 Å². The molecule has 0 radical (unpaired) electrons. The Balaban J connectivity index is 1.84. The molecule has 2 aromatic rings. The van der Waals surface area contributed by atoms with E-state index in [-0.39, 0.29) is 41.5 Å². The number of piperazine rings is 1. The fraction of sp³-hybridized carbons (Fsp3) is 0.333. The number of sulfonamides is 2. The summed E-state index contributed by atoms with van der Waals surface area (Å²) in [5, 5.41) is 11.3. The second-order valence-corrected chi connectivity index (χ2v) is 10.6. The Morgan fingerprint density at radius 3 is 1.86 bits per heavy atom. The Morgan fingerprint density at radius 1 is 0.828 bits per heavy atom. The van der Waals surface area contributed by atoms with Gasteiger partial charge in [0.25, 0.3) is 5.69 Å². The molecule has 1 saturated heterocycles. The highest BCUT2D eigenvalue weighted by molar-refractivity contribution is 7.89. The summed E-state index contributed by atoms with van der Waals surface area (Å²) in [4.78, 5) is 10.4. The summed E-state index contributed by atoms with van der Waals surface area (Å²) >= 11 is 0. The van der Waals surface area contributed by atoms with Gasteiger partial charge in [0.1, 0.15) is 0 Å². The molecular formula is C18H21N3O6S2. The van der Waals surface area contributed by atoms with Crippen LogP contribution in [-0.2, 0) is 20.0 Å². The van der Waals surface area contributed by atoms with Gasteiger partial charge in [-0.2, -0.15) is 8.61 Å². The quantitative estimate of drug-likeness (QED) is 0.519. The molecule has 0 unspecified atom stereocenters. The molecule has 3 rings (SSSR count). The van der Waals surface area contributed by atoms with Crippen molar-refractivity contribution in [3.63, 3.8) is 0 Å². The molecular weight excluding hydrogens is 418 g/mol. The fourth-order valence-electron chi connectivity index (χ4n) is 3.26. The monoisotopic (exact) mass is 439 g/mol. The highest BCUT2D eigenvalue weighted by Gasteiger charge is 2.37. The van der Waals surface area contributed by atoms with Crippen molar-refractivity contribution in [1.82, 2.24) is 8.61 Å². The predicted octanol–water partition coefficient (Wildman–Crippen LogP) is 1.91. The highest BCUT2D eigenvalue weighted by Crippen LogP contribution is 2.30. The van der Waals surface area contributed by atoms with Crippen LogP contribution in [0.4, 0.5) is 5.69 Å². The van der Waals surface area contributed by atoms with Gasteiger partial charge in [0, 0.05) is 32.2 Å². The lowest BCUT2D eigenvalue weighted by atomic mass is 10.2. The van der Waals surface area contributed by atoms with Crippen LogP contribution in [0.5, 0.6) is 0 Å². The zero-order valence-electron chi connectivity index (χ0n) is 16.0. The van der Waals surface area contributed by atoms with Gasteiger partial charge in [-0.15, -0.1) is 0 Å². The summed E-state index contributed by atoms with van der Waals surface area (Å²) in [6.07, 6.45) is 0. The summed E-state index contributed by atoms with van der Waals surface area (Å²) in [5.41, 5.74) is 0.716. The van der Waals surface area contributed by atoms with Crippen molar-refractivity contribution in [2.45, 2.75) is 23.6 Å². The maximum Gasteiger partial charge on any atom is 0.289 e. The number of nitrogens with zero attached hydrogens (tertiary/aromatic N) is 3. The first-order valence-electron chi connectivity index (χ1n) is 8.86. The maximum absolute atomic E-state index is 13.1. The fourth-order valence-corrected chi connectivity index (χ4v) is 6.46. The van der Waals surface area contributed by atoms with E-state index in [4.69, 9.17) is 0 Å². The van der Waals surface area contributed by atoms with Crippen molar-refractivity contribution in [2.75, 3.05) is 26.2 Å². The largest absolute Gasteiger partial charge is 0.289 e. The van der Waals surface area contributed by atoms with Gasteiger partial charge in [-0.25, -0.2) is 16.8 Å². The molecule has 1 aliphatic rings. The molecule has 0 aliphatic carbocycles. The minimum absolute atomic E-state index is 0.0326. The highest BCUT2D eigenvalue weighted by atomic mass is 32.2. The third kappa shape index (κ3) is 4.04. The van der Waals surface area contributed by atoms with Crippen LogP contribution in [0.2, 0.25) is 0 Å². The van der Waals surface area contributed by atoms with Gasteiger partial charge in [-0.05, 0) is 31.5 Å². The number of aryl methyl sites for hydroxylation is 2. The number of hydrogen-bond acceptors (Lipinski definition) is 6. The van der Waals surface area contributed by atoms with Gasteiger partial charge < -0.3 is 0 Å². The second-order valence-electron chi connectivity index (χ2n) is 6.80. The topological polar surface area (TPSA) is 118 Å². The third-order valence-corrected chi connectivity index (χ3v) is 8.85. The molecule has 11 heteroatoms. The number of benzene rings is 2. The van der Waals surface area contributed by atoms with E-state index >= 15 is 0 Å². The minimum atomic E-state index is -4.14. The van der Waals surface area contributed by atoms with Gasteiger partial charge in [-0.3, -0.25) is 10.1 Å². The van der Waals surface area contributed by atoms with E-state index in [0.717, 1.165) is 15.9 Å². The summed E-state index contributed by atoms with van der Waals surface area (Å²) in [6.45, 7) is 3.12. The minimum Gasteiger partial charge on any atom is -0.258 e. The van der Waals surface area contributed by atoms with Crippen LogP contribution in [0.1, 0.15) is 11.1 Å². The molecule has 0 aromatic heterocycles. The lowest BCUT2D eigenvalue weighted by Crippen LogP contribution is -2.50. The zero-order chi connectivity index (χ0) is 21.4. The van der Waals surface area contributed by atoms with Crippen molar-refractivity contribution in [3.05, 3.63) is 63.7 Å². The van der Waals surface area contributed by atoms with Crippen LogP contribution in [0, 0.1) is 24.0 Å². The van der Waals surface area contributed by atoms with E-state index in [1.165, 1.54) is 35.5 Å². The van der Waals surface area contributed by atoms with Crippen LogP contribution in [0.3, 0.4) is 0 Å². The third-order valence-electron chi connectivity index (χ3n) is 4.84. The van der Waals surface area contributed by atoms with E-state index in [1.807, 2.05) is 6.92 Å². The number of rotatable bonds is 5. The Morgan fingerprint density at radius 2 is 1.34 bits per heavy atom. The normalized spacial score (nSPS) is 16.6. The van der Waals surface area contributed by atoms with Crippen molar-refractivity contribution in [3.8, 4) is 0 Å². The van der Waals surface area contributed by atoms with Gasteiger partial charge in [0.2, 0.25) is 20.0 Å². The molecule has 0 amide bonds. The van der Waals surface area contributed by atoms with Gasteiger partial charge in [0.15, 0.2) is 4.90 Å². The van der Waals surface area contributed by atoms with Gasteiger partial charge in [-0.1, -0.05) is 29.8 Å². The lowest BCUT2D eigenvalue weighted by Gasteiger charge is -2.33. The Bertz CT molecular complexity index is 1140. The average molecular weight is 440 g/mol. The molecule has 0 saturated carbocycles. The molecule has 29 heavy (non-hydrogen) atoms. The second kappa shape index (κ2) is 7.82. The van der Waals surface area contributed by atoms with Crippen LogP contribution in [0.15, 0.2) is 52.3 Å². The number of hydrogen-bond donors (Lipinski definition) is 0. The first-order valence-corrected chi connectivity index (χ1v) is 11.7. The molecule has 0 atom stereocenters. The first kappa shape index (κ1) is 21.4.